The van der Waals surface area contributed by atoms with E-state index in [-0.39, 0.29) is 5.91 Å². The lowest BCUT2D eigenvalue weighted by atomic mass is 10.0. The Labute approximate surface area is 106 Å². The fourth-order valence-electron chi connectivity index (χ4n) is 1.76. The van der Waals surface area contributed by atoms with Crippen LogP contribution in [-0.2, 0) is 4.79 Å². The molecule has 0 bridgehead atoms. The molecule has 2 rings (SSSR count). The summed E-state index contributed by atoms with van der Waals surface area (Å²) in [6, 6.07) is 5.63. The number of rotatable bonds is 3. The van der Waals surface area contributed by atoms with Crippen LogP contribution in [0.4, 0.5) is 0 Å². The Bertz CT molecular complexity index is 483. The van der Waals surface area contributed by atoms with Crippen molar-refractivity contribution in [3.8, 4) is 11.5 Å². The van der Waals surface area contributed by atoms with Crippen molar-refractivity contribution in [2.45, 2.75) is 19.8 Å². The average molecular weight is 248 g/mol. The number of para-hydroxylation sites is 1. The quantitative estimate of drug-likeness (QED) is 0.828. The van der Waals surface area contributed by atoms with E-state index < -0.39 is 0 Å². The highest BCUT2D eigenvalue weighted by atomic mass is 16.5. The zero-order chi connectivity index (χ0) is 13.0. The molecule has 1 aliphatic heterocycles. The molecule has 5 nitrogen and oxygen atoms in total. The topological polar surface area (TPSA) is 59.9 Å². The summed E-state index contributed by atoms with van der Waals surface area (Å²) in [5.41, 5.74) is 4.22. The first kappa shape index (κ1) is 12.4. The summed E-state index contributed by atoms with van der Waals surface area (Å²) in [7, 11) is 1.60. The summed E-state index contributed by atoms with van der Waals surface area (Å²) >= 11 is 0. The number of hydrogen-bond donors (Lipinski definition) is 1. The molecule has 1 aliphatic rings. The molecule has 1 aromatic rings. The van der Waals surface area contributed by atoms with E-state index in [2.05, 4.69) is 10.5 Å². The number of methoxy groups -OCH3 is 1. The predicted molar refractivity (Wildman–Crippen MR) is 68.1 cm³/mol. The van der Waals surface area contributed by atoms with Crippen LogP contribution in [0.1, 0.15) is 25.3 Å². The lowest BCUT2D eigenvalue weighted by Gasteiger charge is -2.20. The summed E-state index contributed by atoms with van der Waals surface area (Å²) in [5, 5.41) is 4.15. The molecule has 0 unspecified atom stereocenters. The van der Waals surface area contributed by atoms with Gasteiger partial charge in [0.15, 0.2) is 11.5 Å². The largest absolute Gasteiger partial charge is 0.493 e. The van der Waals surface area contributed by atoms with Crippen LogP contribution in [0.5, 0.6) is 11.5 Å². The fourth-order valence-corrected chi connectivity index (χ4v) is 1.76. The number of nitrogens with zero attached hydrogens (tertiary/aromatic N) is 1. The molecule has 18 heavy (non-hydrogen) atoms. The third kappa shape index (κ3) is 2.45. The lowest BCUT2D eigenvalue weighted by molar-refractivity contribution is -0.120. The minimum absolute atomic E-state index is 0.0987. The molecule has 0 atom stereocenters. The van der Waals surface area contributed by atoms with E-state index in [4.69, 9.17) is 9.47 Å². The number of nitrogens with one attached hydrogen (secondary N) is 1. The van der Waals surface area contributed by atoms with Gasteiger partial charge in [-0.05, 0) is 12.1 Å². The number of hydrogen-bond acceptors (Lipinski definition) is 4. The number of benzene rings is 1. The van der Waals surface area contributed by atoms with Crippen molar-refractivity contribution in [2.24, 2.45) is 5.10 Å². The van der Waals surface area contributed by atoms with Gasteiger partial charge in [0.1, 0.15) is 0 Å². The van der Waals surface area contributed by atoms with Gasteiger partial charge in [-0.1, -0.05) is 13.0 Å². The van der Waals surface area contributed by atoms with E-state index in [1.165, 1.54) is 0 Å². The zero-order valence-electron chi connectivity index (χ0n) is 10.5. The van der Waals surface area contributed by atoms with E-state index >= 15 is 0 Å². The van der Waals surface area contributed by atoms with Gasteiger partial charge in [0, 0.05) is 18.4 Å². The van der Waals surface area contributed by atoms with Gasteiger partial charge in [0.2, 0.25) is 5.91 Å². The predicted octanol–water partition coefficient (Wildman–Crippen LogP) is 1.71. The summed E-state index contributed by atoms with van der Waals surface area (Å²) in [6.07, 6.45) is 1.09. The van der Waals surface area contributed by atoms with Crippen LogP contribution in [0.3, 0.4) is 0 Å². The van der Waals surface area contributed by atoms with Crippen LogP contribution in [-0.4, -0.2) is 25.3 Å². The Hall–Kier alpha value is -2.04. The van der Waals surface area contributed by atoms with Crippen LogP contribution in [0.25, 0.3) is 0 Å². The number of amides is 1. The second-order valence-electron chi connectivity index (χ2n) is 3.88. The van der Waals surface area contributed by atoms with Crippen molar-refractivity contribution in [3.63, 3.8) is 0 Å². The second-order valence-corrected chi connectivity index (χ2v) is 3.88. The van der Waals surface area contributed by atoms with Crippen molar-refractivity contribution < 1.29 is 14.3 Å². The summed E-state index contributed by atoms with van der Waals surface area (Å²) in [4.78, 5) is 11.2. The fraction of sp³-hybridized carbons (Fsp3) is 0.385. The maximum absolute atomic E-state index is 11.2. The molecule has 1 amide bonds. The van der Waals surface area contributed by atoms with Gasteiger partial charge in [-0.15, -0.1) is 0 Å². The first-order valence-electron chi connectivity index (χ1n) is 5.91. The number of fused-ring (bicyclic) bond motifs is 1. The maximum Gasteiger partial charge on any atom is 0.239 e. The molecule has 0 radical (unpaired) electrons. The molecule has 5 heteroatoms. The van der Waals surface area contributed by atoms with E-state index in [1.54, 1.807) is 14.0 Å². The smallest absolute Gasteiger partial charge is 0.239 e. The number of carbonyl (C=O) groups is 1. The molecule has 0 saturated carbocycles. The number of hydrazone groups is 1. The molecule has 0 fully saturated rings. The van der Waals surface area contributed by atoms with E-state index in [0.717, 1.165) is 11.3 Å². The average Bonchev–Trinajstić information content (AvgIpc) is 2.43. The van der Waals surface area contributed by atoms with Gasteiger partial charge in [-0.3, -0.25) is 4.79 Å². The Morgan fingerprint density at radius 3 is 3.11 bits per heavy atom. The highest BCUT2D eigenvalue weighted by Crippen LogP contribution is 2.34. The molecule has 0 spiro atoms. The van der Waals surface area contributed by atoms with Crippen LogP contribution >= 0.6 is 0 Å². The van der Waals surface area contributed by atoms with Crippen molar-refractivity contribution in [3.05, 3.63) is 23.8 Å². The second kappa shape index (κ2) is 5.53. The molecule has 1 N–H and O–H groups in total. The molecule has 1 heterocycles. The van der Waals surface area contributed by atoms with Gasteiger partial charge in [-0.25, -0.2) is 5.43 Å². The highest BCUT2D eigenvalue weighted by Gasteiger charge is 2.20. The molecule has 96 valence electrons. The zero-order valence-corrected chi connectivity index (χ0v) is 10.5. The van der Waals surface area contributed by atoms with Crippen molar-refractivity contribution in [2.75, 3.05) is 13.7 Å². The minimum Gasteiger partial charge on any atom is -0.493 e. The van der Waals surface area contributed by atoms with Crippen molar-refractivity contribution in [1.82, 2.24) is 5.43 Å². The normalized spacial score (nSPS) is 15.8. The van der Waals surface area contributed by atoms with Gasteiger partial charge in [0.25, 0.3) is 0 Å². The van der Waals surface area contributed by atoms with E-state index in [9.17, 15) is 4.79 Å². The molecule has 0 aliphatic carbocycles. The number of ether oxygens (including phenoxy) is 2. The van der Waals surface area contributed by atoms with Crippen LogP contribution in [0, 0.1) is 0 Å². The first-order chi connectivity index (χ1) is 8.76. The van der Waals surface area contributed by atoms with Crippen molar-refractivity contribution in [1.29, 1.82) is 0 Å². The van der Waals surface area contributed by atoms with Gasteiger partial charge < -0.3 is 9.47 Å². The molecule has 0 saturated heterocycles. The standard InChI is InChI=1S/C13H16N2O3/c1-3-12(16)15-14-10-7-8-18-13-9(10)5-4-6-11(13)17-2/h4-6H,3,7-8H2,1-2H3,(H,15,16)/b14-10-. The van der Waals surface area contributed by atoms with Gasteiger partial charge >= 0.3 is 0 Å². The SMILES string of the molecule is CCC(=O)N/N=C1/CCOc2c(OC)cccc21. The van der Waals surface area contributed by atoms with Gasteiger partial charge in [-0.2, -0.15) is 5.10 Å². The van der Waals surface area contributed by atoms with Crippen molar-refractivity contribution >= 4 is 11.6 Å². The third-order valence-corrected chi connectivity index (χ3v) is 2.73. The molecule has 1 aromatic carbocycles. The third-order valence-electron chi connectivity index (χ3n) is 2.73. The minimum atomic E-state index is -0.0987. The van der Waals surface area contributed by atoms with Gasteiger partial charge in [0.05, 0.1) is 19.4 Å². The maximum atomic E-state index is 11.2. The van der Waals surface area contributed by atoms with Crippen LogP contribution < -0.4 is 14.9 Å². The monoisotopic (exact) mass is 248 g/mol. The summed E-state index contributed by atoms with van der Waals surface area (Å²) < 4.78 is 10.8. The first-order valence-corrected chi connectivity index (χ1v) is 5.91. The Morgan fingerprint density at radius 2 is 2.39 bits per heavy atom. The Kier molecular flexibility index (Phi) is 3.82. The lowest BCUT2D eigenvalue weighted by Crippen LogP contribution is -2.23. The Morgan fingerprint density at radius 1 is 1.56 bits per heavy atom. The summed E-state index contributed by atoms with van der Waals surface area (Å²) in [6.45, 7) is 2.32. The molecular formula is C13H16N2O3. The van der Waals surface area contributed by atoms with E-state index in [0.29, 0.717) is 30.9 Å². The Balaban J connectivity index is 2.30. The molecular weight excluding hydrogens is 232 g/mol. The summed E-state index contributed by atoms with van der Waals surface area (Å²) in [5.74, 6) is 1.27. The van der Waals surface area contributed by atoms with Crippen LogP contribution in [0.2, 0.25) is 0 Å². The highest BCUT2D eigenvalue weighted by molar-refractivity contribution is 6.04. The molecule has 0 aromatic heterocycles. The number of carbonyl (C=O) groups excluding carboxylic acids is 1. The van der Waals surface area contributed by atoms with E-state index in [1.807, 2.05) is 18.2 Å². The van der Waals surface area contributed by atoms with Crippen LogP contribution in [0.15, 0.2) is 23.3 Å².